The van der Waals surface area contributed by atoms with Gasteiger partial charge in [-0.1, -0.05) is 24.8 Å². The van der Waals surface area contributed by atoms with E-state index in [1.165, 1.54) is 18.2 Å². The molecule has 0 amide bonds. The summed E-state index contributed by atoms with van der Waals surface area (Å²) in [5.41, 5.74) is 5.22. The van der Waals surface area contributed by atoms with E-state index in [0.717, 1.165) is 24.8 Å². The molecule has 28 heavy (non-hydrogen) atoms. The van der Waals surface area contributed by atoms with E-state index < -0.39 is 0 Å². The number of fused-ring (bicyclic) bond motifs is 1. The topological polar surface area (TPSA) is 60.1 Å². The average Bonchev–Trinajstić information content (AvgIpc) is 3.20. The Balaban J connectivity index is 1.98. The highest BCUT2D eigenvalue weighted by atomic mass is 16.8. The van der Waals surface area contributed by atoms with Crippen LogP contribution in [0.2, 0.25) is 0 Å². The highest BCUT2D eigenvalue weighted by Crippen LogP contribution is 2.31. The Morgan fingerprint density at radius 2 is 2.04 bits per heavy atom. The molecule has 146 valence electrons. The molecule has 0 aliphatic heterocycles. The Morgan fingerprint density at radius 3 is 2.75 bits per heavy atom. The summed E-state index contributed by atoms with van der Waals surface area (Å²) in [6, 6.07) is 11.4. The number of methoxy groups -OCH3 is 1. The van der Waals surface area contributed by atoms with Gasteiger partial charge in [-0.05, 0) is 49.4 Å². The predicted molar refractivity (Wildman–Crippen MR) is 109 cm³/mol. The lowest BCUT2D eigenvalue weighted by molar-refractivity contribution is -0.736. The fourth-order valence-electron chi connectivity index (χ4n) is 3.47. The fraction of sp³-hybridized carbons (Fsp3) is 0.318. The van der Waals surface area contributed by atoms with Crippen LogP contribution in [0.5, 0.6) is 5.75 Å². The summed E-state index contributed by atoms with van der Waals surface area (Å²) < 4.78 is 11.0. The minimum Gasteiger partial charge on any atom is -0.487 e. The van der Waals surface area contributed by atoms with Gasteiger partial charge in [-0.15, -0.1) is 0 Å². The molecule has 2 aromatic rings. The van der Waals surface area contributed by atoms with Crippen molar-refractivity contribution in [2.45, 2.75) is 26.2 Å². The number of ether oxygens (including phenoxy) is 2. The number of nitrogens with zero attached hydrogens (tertiary/aromatic N) is 2. The first-order chi connectivity index (χ1) is 13.6. The summed E-state index contributed by atoms with van der Waals surface area (Å²) in [7, 11) is 2.85. The SMILES string of the molecule is C=C(N=C(OC)c1ccc(OCC)c([N+](=O)OC)c1)c1cccc2c1CCC2. The molecule has 0 fully saturated rings. The summed E-state index contributed by atoms with van der Waals surface area (Å²) in [4.78, 5) is 21.9. The lowest BCUT2D eigenvalue weighted by Gasteiger charge is -2.11. The number of hydrogen-bond donors (Lipinski definition) is 0. The van der Waals surface area contributed by atoms with E-state index in [4.69, 9.17) is 14.3 Å². The summed E-state index contributed by atoms with van der Waals surface area (Å²) in [5.74, 6) is 0.799. The number of hydrogen-bond acceptors (Lipinski definition) is 5. The third-order valence-corrected chi connectivity index (χ3v) is 4.75. The quantitative estimate of drug-likeness (QED) is 0.399. The van der Waals surface area contributed by atoms with Crippen molar-refractivity contribution in [1.82, 2.24) is 0 Å². The zero-order valence-electron chi connectivity index (χ0n) is 16.5. The third kappa shape index (κ3) is 3.91. The van der Waals surface area contributed by atoms with Crippen LogP contribution >= 0.6 is 0 Å². The first-order valence-corrected chi connectivity index (χ1v) is 9.30. The predicted octanol–water partition coefficient (Wildman–Crippen LogP) is 4.61. The summed E-state index contributed by atoms with van der Waals surface area (Å²) in [6.45, 7) is 6.43. The van der Waals surface area contributed by atoms with Crippen LogP contribution in [0.1, 0.15) is 35.6 Å². The summed E-state index contributed by atoms with van der Waals surface area (Å²) in [6.07, 6.45) is 3.28. The molecule has 2 aromatic carbocycles. The Labute approximate surface area is 165 Å². The number of benzene rings is 2. The van der Waals surface area contributed by atoms with Gasteiger partial charge in [0.2, 0.25) is 11.6 Å². The molecule has 0 atom stereocenters. The van der Waals surface area contributed by atoms with Crippen LogP contribution < -0.4 is 4.74 Å². The van der Waals surface area contributed by atoms with Crippen molar-refractivity contribution >= 4 is 17.3 Å². The van der Waals surface area contributed by atoms with Gasteiger partial charge >= 0.3 is 5.69 Å². The normalized spacial score (nSPS) is 13.0. The average molecular weight is 381 g/mol. The lowest BCUT2D eigenvalue weighted by Crippen LogP contribution is -2.08. The molecule has 1 aliphatic rings. The molecule has 0 heterocycles. The molecule has 6 nitrogen and oxygen atoms in total. The van der Waals surface area contributed by atoms with Gasteiger partial charge in [-0.3, -0.25) is 0 Å². The molecular weight excluding hydrogens is 356 g/mol. The van der Waals surface area contributed by atoms with Crippen LogP contribution in [0.15, 0.2) is 48.0 Å². The van der Waals surface area contributed by atoms with Gasteiger partial charge < -0.3 is 9.47 Å². The van der Waals surface area contributed by atoms with Gasteiger partial charge in [0, 0.05) is 17.2 Å². The first-order valence-electron chi connectivity index (χ1n) is 9.30. The van der Waals surface area contributed by atoms with Gasteiger partial charge in [0.25, 0.3) is 4.92 Å². The second kappa shape index (κ2) is 8.69. The highest BCUT2D eigenvalue weighted by molar-refractivity contribution is 5.98. The lowest BCUT2D eigenvalue weighted by atomic mass is 10.0. The zero-order valence-corrected chi connectivity index (χ0v) is 16.5. The summed E-state index contributed by atoms with van der Waals surface area (Å²) in [5, 5.41) is 0. The van der Waals surface area contributed by atoms with Crippen LogP contribution in [0, 0.1) is 4.91 Å². The van der Waals surface area contributed by atoms with E-state index >= 15 is 0 Å². The Kier molecular flexibility index (Phi) is 6.09. The Bertz CT molecular complexity index is 934. The van der Waals surface area contributed by atoms with Crippen LogP contribution in [0.3, 0.4) is 0 Å². The van der Waals surface area contributed by atoms with E-state index in [9.17, 15) is 4.91 Å². The van der Waals surface area contributed by atoms with Gasteiger partial charge in [-0.25, -0.2) is 9.83 Å². The monoisotopic (exact) mass is 381 g/mol. The minimum atomic E-state index is 0.248. The molecule has 0 N–H and O–H groups in total. The maximum atomic E-state index is 12.1. The molecule has 6 heteroatoms. The standard InChI is InChI=1S/C22H25N2O4/c1-5-28-21-13-12-17(14-20(21)24(25)27-4)22(26-3)23-15(2)18-10-6-8-16-9-7-11-19(16)18/h6,8,10,12-14H,2,5,7,9,11H2,1,3-4H3/q+1. The molecule has 0 saturated carbocycles. The molecular formula is C22H25N2O4+. The zero-order chi connectivity index (χ0) is 20.1. The van der Waals surface area contributed by atoms with Crippen molar-refractivity contribution in [3.8, 4) is 5.75 Å². The largest absolute Gasteiger partial charge is 0.487 e. The van der Waals surface area contributed by atoms with E-state index in [2.05, 4.69) is 17.6 Å². The van der Waals surface area contributed by atoms with Gasteiger partial charge in [0.05, 0.1) is 24.3 Å². The van der Waals surface area contributed by atoms with Crippen LogP contribution in [-0.2, 0) is 22.4 Å². The molecule has 3 rings (SSSR count). The van der Waals surface area contributed by atoms with Crippen molar-refractivity contribution in [2.75, 3.05) is 20.8 Å². The van der Waals surface area contributed by atoms with E-state index in [0.29, 0.717) is 34.4 Å². The maximum absolute atomic E-state index is 12.1. The van der Waals surface area contributed by atoms with Crippen molar-refractivity contribution in [1.29, 1.82) is 0 Å². The van der Waals surface area contributed by atoms with Crippen LogP contribution in [-0.4, -0.2) is 31.6 Å². The van der Waals surface area contributed by atoms with Crippen LogP contribution in [0.25, 0.3) is 5.70 Å². The van der Waals surface area contributed by atoms with Gasteiger partial charge in [-0.2, -0.15) is 0 Å². The van der Waals surface area contributed by atoms with Gasteiger partial charge in [0.1, 0.15) is 0 Å². The number of aliphatic imine (C=N–C) groups is 1. The van der Waals surface area contributed by atoms with E-state index in [1.807, 2.05) is 19.1 Å². The second-order valence-electron chi connectivity index (χ2n) is 6.42. The molecule has 0 radical (unpaired) electrons. The molecule has 0 unspecified atom stereocenters. The van der Waals surface area contributed by atoms with Crippen molar-refractivity contribution in [2.24, 2.45) is 4.99 Å². The Morgan fingerprint density at radius 1 is 1.21 bits per heavy atom. The van der Waals surface area contributed by atoms with Crippen molar-refractivity contribution in [3.05, 3.63) is 70.1 Å². The number of rotatable bonds is 7. The highest BCUT2D eigenvalue weighted by Gasteiger charge is 2.24. The van der Waals surface area contributed by atoms with Gasteiger partial charge in [0.15, 0.2) is 7.11 Å². The molecule has 1 aliphatic carbocycles. The molecule has 0 bridgehead atoms. The van der Waals surface area contributed by atoms with Crippen molar-refractivity contribution in [3.63, 3.8) is 0 Å². The van der Waals surface area contributed by atoms with Crippen molar-refractivity contribution < 1.29 is 19.2 Å². The summed E-state index contributed by atoms with van der Waals surface area (Å²) >= 11 is 0. The fourth-order valence-corrected chi connectivity index (χ4v) is 3.47. The molecule has 0 aromatic heterocycles. The van der Waals surface area contributed by atoms with E-state index in [-0.39, 0.29) is 5.69 Å². The Hall–Kier alpha value is -3.15. The molecule has 0 saturated heterocycles. The number of aryl methyl sites for hydroxylation is 1. The second-order valence-corrected chi connectivity index (χ2v) is 6.42. The minimum absolute atomic E-state index is 0.248. The molecule has 0 spiro atoms. The maximum Gasteiger partial charge on any atom is 0.358 e. The smallest absolute Gasteiger partial charge is 0.358 e. The van der Waals surface area contributed by atoms with E-state index in [1.54, 1.807) is 25.3 Å². The van der Waals surface area contributed by atoms with Crippen LogP contribution in [0.4, 0.5) is 5.69 Å². The first kappa shape index (κ1) is 19.6. The third-order valence-electron chi connectivity index (χ3n) is 4.75.